The molecule has 4 nitrogen and oxygen atoms in total. The van der Waals surface area contributed by atoms with E-state index in [4.69, 9.17) is 4.74 Å². The fourth-order valence-electron chi connectivity index (χ4n) is 1.62. The van der Waals surface area contributed by atoms with Crippen molar-refractivity contribution in [3.63, 3.8) is 0 Å². The molecular weight excluding hydrogens is 190 g/mol. The summed E-state index contributed by atoms with van der Waals surface area (Å²) in [5.41, 5.74) is 0. The molecule has 0 aliphatic heterocycles. The van der Waals surface area contributed by atoms with Gasteiger partial charge in [-0.15, -0.1) is 0 Å². The molecule has 1 N–H and O–H groups in total. The number of ether oxygens (including phenoxy) is 1. The molecule has 1 aromatic heterocycles. The summed E-state index contributed by atoms with van der Waals surface area (Å²) in [5, 5.41) is 3.33. The van der Waals surface area contributed by atoms with Crippen LogP contribution in [0.5, 0.6) is 0 Å². The highest BCUT2D eigenvalue weighted by molar-refractivity contribution is 5.25. The number of nitrogens with one attached hydrogen (secondary N) is 1. The molecule has 1 heterocycles. The van der Waals surface area contributed by atoms with Crippen LogP contribution in [0.25, 0.3) is 0 Å². The van der Waals surface area contributed by atoms with Crippen molar-refractivity contribution in [2.75, 3.05) is 25.6 Å². The second kappa shape index (κ2) is 5.16. The van der Waals surface area contributed by atoms with Crippen molar-refractivity contribution in [2.24, 2.45) is 5.92 Å². The summed E-state index contributed by atoms with van der Waals surface area (Å²) in [6.45, 7) is 2.85. The number of rotatable bonds is 7. The van der Waals surface area contributed by atoms with E-state index in [-0.39, 0.29) is 0 Å². The summed E-state index contributed by atoms with van der Waals surface area (Å²) in [5.74, 6) is 1.89. The van der Waals surface area contributed by atoms with Gasteiger partial charge in [-0.25, -0.2) is 4.98 Å². The smallest absolute Gasteiger partial charge is 0.202 e. The van der Waals surface area contributed by atoms with E-state index in [9.17, 15) is 0 Å². The van der Waals surface area contributed by atoms with Crippen LogP contribution in [0.15, 0.2) is 12.4 Å². The van der Waals surface area contributed by atoms with Crippen LogP contribution in [-0.2, 0) is 11.3 Å². The Bertz CT molecular complexity index is 294. The van der Waals surface area contributed by atoms with E-state index in [1.54, 1.807) is 7.11 Å². The van der Waals surface area contributed by atoms with Crippen molar-refractivity contribution in [3.8, 4) is 0 Å². The molecule has 0 bridgehead atoms. The molecule has 0 spiro atoms. The Kier molecular flexibility index (Phi) is 3.61. The third-order valence-corrected chi connectivity index (χ3v) is 2.68. The van der Waals surface area contributed by atoms with Crippen molar-refractivity contribution < 1.29 is 4.74 Å². The average molecular weight is 209 g/mol. The number of methoxy groups -OCH3 is 1. The lowest BCUT2D eigenvalue weighted by Crippen LogP contribution is -2.10. The lowest BCUT2D eigenvalue weighted by molar-refractivity contribution is 0.197. The summed E-state index contributed by atoms with van der Waals surface area (Å²) in [6, 6.07) is 0. The fourth-order valence-corrected chi connectivity index (χ4v) is 1.62. The van der Waals surface area contributed by atoms with Gasteiger partial charge in [-0.1, -0.05) is 0 Å². The van der Waals surface area contributed by atoms with Crippen LogP contribution in [0, 0.1) is 5.92 Å². The zero-order valence-corrected chi connectivity index (χ0v) is 9.28. The Morgan fingerprint density at radius 2 is 2.47 bits per heavy atom. The summed E-state index contributed by atoms with van der Waals surface area (Å²) < 4.78 is 7.21. The number of nitrogens with zero attached hydrogens (tertiary/aromatic N) is 2. The predicted octanol–water partition coefficient (Wildman–Crippen LogP) is 1.74. The third kappa shape index (κ3) is 3.23. The molecule has 0 unspecified atom stereocenters. The first-order chi connectivity index (χ1) is 7.40. The SMILES string of the molecule is COCCCNc1nccn1CC1CC1. The molecule has 2 rings (SSSR count). The normalized spacial score (nSPS) is 15.5. The highest BCUT2D eigenvalue weighted by Crippen LogP contribution is 2.31. The van der Waals surface area contributed by atoms with Crippen LogP contribution in [0.4, 0.5) is 5.95 Å². The number of anilines is 1. The summed E-state index contributed by atoms with van der Waals surface area (Å²) >= 11 is 0. The molecule has 4 heteroatoms. The standard InChI is InChI=1S/C11H19N3O/c1-15-8-2-5-12-11-13-6-7-14(11)9-10-3-4-10/h6-7,10H,2-5,8-9H2,1H3,(H,12,13). The van der Waals surface area contributed by atoms with Crippen LogP contribution in [-0.4, -0.2) is 29.8 Å². The van der Waals surface area contributed by atoms with E-state index < -0.39 is 0 Å². The number of aromatic nitrogens is 2. The van der Waals surface area contributed by atoms with Gasteiger partial charge in [0.25, 0.3) is 0 Å². The van der Waals surface area contributed by atoms with E-state index in [1.807, 2.05) is 6.20 Å². The molecule has 0 radical (unpaired) electrons. The van der Waals surface area contributed by atoms with Gasteiger partial charge in [0.1, 0.15) is 0 Å². The van der Waals surface area contributed by atoms with Gasteiger partial charge in [-0.3, -0.25) is 0 Å². The lowest BCUT2D eigenvalue weighted by atomic mass is 10.4. The fraction of sp³-hybridized carbons (Fsp3) is 0.727. The van der Waals surface area contributed by atoms with Crippen LogP contribution in [0.3, 0.4) is 0 Å². The monoisotopic (exact) mass is 209 g/mol. The number of hydrogen-bond donors (Lipinski definition) is 1. The molecule has 1 aliphatic rings. The maximum atomic E-state index is 5.00. The highest BCUT2D eigenvalue weighted by atomic mass is 16.5. The maximum absolute atomic E-state index is 5.00. The molecule has 0 saturated heterocycles. The van der Waals surface area contributed by atoms with E-state index in [2.05, 4.69) is 21.1 Å². The van der Waals surface area contributed by atoms with Gasteiger partial charge in [-0.05, 0) is 25.2 Å². The predicted molar refractivity (Wildman–Crippen MR) is 59.9 cm³/mol. The first kappa shape index (κ1) is 10.5. The topological polar surface area (TPSA) is 39.1 Å². The first-order valence-corrected chi connectivity index (χ1v) is 5.64. The molecule has 1 aliphatic carbocycles. The number of hydrogen-bond acceptors (Lipinski definition) is 3. The Morgan fingerprint density at radius 3 is 3.20 bits per heavy atom. The van der Waals surface area contributed by atoms with Crippen molar-refractivity contribution in [3.05, 3.63) is 12.4 Å². The van der Waals surface area contributed by atoms with Gasteiger partial charge >= 0.3 is 0 Å². The minimum absolute atomic E-state index is 0.802. The maximum Gasteiger partial charge on any atom is 0.202 e. The minimum Gasteiger partial charge on any atom is -0.385 e. The van der Waals surface area contributed by atoms with Gasteiger partial charge < -0.3 is 14.6 Å². The minimum atomic E-state index is 0.802. The largest absolute Gasteiger partial charge is 0.385 e. The van der Waals surface area contributed by atoms with E-state index >= 15 is 0 Å². The van der Waals surface area contributed by atoms with Crippen LogP contribution in [0.1, 0.15) is 19.3 Å². The Morgan fingerprint density at radius 1 is 1.60 bits per heavy atom. The Hall–Kier alpha value is -1.03. The molecule has 0 atom stereocenters. The lowest BCUT2D eigenvalue weighted by Gasteiger charge is -2.08. The third-order valence-electron chi connectivity index (χ3n) is 2.68. The zero-order valence-electron chi connectivity index (χ0n) is 9.28. The Balaban J connectivity index is 1.76. The zero-order chi connectivity index (χ0) is 10.5. The number of imidazole rings is 1. The summed E-state index contributed by atoms with van der Waals surface area (Å²) in [7, 11) is 1.73. The highest BCUT2D eigenvalue weighted by Gasteiger charge is 2.22. The Labute approximate surface area is 90.6 Å². The van der Waals surface area contributed by atoms with Gasteiger partial charge in [0.15, 0.2) is 0 Å². The molecule has 1 saturated carbocycles. The molecule has 15 heavy (non-hydrogen) atoms. The average Bonchev–Trinajstić information content (AvgIpc) is 2.94. The van der Waals surface area contributed by atoms with E-state index in [0.717, 1.165) is 38.0 Å². The van der Waals surface area contributed by atoms with Gasteiger partial charge in [-0.2, -0.15) is 0 Å². The summed E-state index contributed by atoms with van der Waals surface area (Å²) in [4.78, 5) is 4.31. The molecule has 1 fully saturated rings. The van der Waals surface area contributed by atoms with Crippen molar-refractivity contribution >= 4 is 5.95 Å². The molecule has 0 amide bonds. The second-order valence-corrected chi connectivity index (χ2v) is 4.12. The van der Waals surface area contributed by atoms with Crippen LogP contribution >= 0.6 is 0 Å². The van der Waals surface area contributed by atoms with Gasteiger partial charge in [0.05, 0.1) is 0 Å². The van der Waals surface area contributed by atoms with Crippen LogP contribution in [0.2, 0.25) is 0 Å². The second-order valence-electron chi connectivity index (χ2n) is 4.12. The van der Waals surface area contributed by atoms with Crippen LogP contribution < -0.4 is 5.32 Å². The van der Waals surface area contributed by atoms with E-state index in [1.165, 1.54) is 12.8 Å². The first-order valence-electron chi connectivity index (χ1n) is 5.64. The summed E-state index contributed by atoms with van der Waals surface area (Å²) in [6.07, 6.45) is 7.69. The quantitative estimate of drug-likeness (QED) is 0.695. The van der Waals surface area contributed by atoms with Crippen molar-refractivity contribution in [2.45, 2.75) is 25.8 Å². The van der Waals surface area contributed by atoms with Crippen molar-refractivity contribution in [1.82, 2.24) is 9.55 Å². The molecule has 0 aromatic carbocycles. The van der Waals surface area contributed by atoms with E-state index in [0.29, 0.717) is 0 Å². The molecule has 84 valence electrons. The van der Waals surface area contributed by atoms with Gasteiger partial charge in [0, 0.05) is 39.2 Å². The molecular formula is C11H19N3O. The van der Waals surface area contributed by atoms with Crippen molar-refractivity contribution in [1.29, 1.82) is 0 Å². The molecule has 1 aromatic rings. The van der Waals surface area contributed by atoms with Gasteiger partial charge in [0.2, 0.25) is 5.95 Å².